The number of likely N-dealkylation sites (tertiary alicyclic amines) is 1. The van der Waals surface area contributed by atoms with Crippen molar-refractivity contribution in [2.45, 2.75) is 12.0 Å². The summed E-state index contributed by atoms with van der Waals surface area (Å²) in [6, 6.07) is 17.6. The SMILES string of the molecule is CN1CC(=O)N(c2ccccc2)C[C@@]12CCN(C(=O)c1ccc3[nH]ccc3c1)C2. The van der Waals surface area contributed by atoms with Crippen LogP contribution in [0, 0.1) is 0 Å². The van der Waals surface area contributed by atoms with E-state index in [9.17, 15) is 9.59 Å². The van der Waals surface area contributed by atoms with Crippen LogP contribution in [0.4, 0.5) is 5.69 Å². The van der Waals surface area contributed by atoms with E-state index in [0.29, 0.717) is 31.7 Å². The number of hydrogen-bond acceptors (Lipinski definition) is 3. The summed E-state index contributed by atoms with van der Waals surface area (Å²) in [5.74, 6) is 0.161. The van der Waals surface area contributed by atoms with Gasteiger partial charge in [-0.2, -0.15) is 0 Å². The number of nitrogens with zero attached hydrogens (tertiary/aromatic N) is 3. The Labute approximate surface area is 169 Å². The van der Waals surface area contributed by atoms with Crippen molar-refractivity contribution in [2.75, 3.05) is 38.1 Å². The largest absolute Gasteiger partial charge is 0.361 e. The second-order valence-electron chi connectivity index (χ2n) is 8.15. The van der Waals surface area contributed by atoms with Gasteiger partial charge in [-0.3, -0.25) is 14.5 Å². The molecule has 1 atom stereocenters. The minimum absolute atomic E-state index is 0.0570. The predicted octanol–water partition coefficient (Wildman–Crippen LogP) is 2.73. The average Bonchev–Trinajstić information content (AvgIpc) is 3.38. The maximum atomic E-state index is 13.2. The van der Waals surface area contributed by atoms with Gasteiger partial charge in [0.1, 0.15) is 0 Å². The van der Waals surface area contributed by atoms with Crippen LogP contribution >= 0.6 is 0 Å². The number of aromatic nitrogens is 1. The molecule has 3 heterocycles. The first-order valence-corrected chi connectivity index (χ1v) is 9.99. The van der Waals surface area contributed by atoms with Crippen LogP contribution in [-0.4, -0.2) is 65.4 Å². The minimum Gasteiger partial charge on any atom is -0.361 e. The Hall–Kier alpha value is -3.12. The van der Waals surface area contributed by atoms with Gasteiger partial charge >= 0.3 is 0 Å². The van der Waals surface area contributed by atoms with E-state index in [4.69, 9.17) is 0 Å². The van der Waals surface area contributed by atoms with E-state index >= 15 is 0 Å². The molecular formula is C23H24N4O2. The number of H-pyrrole nitrogens is 1. The molecule has 29 heavy (non-hydrogen) atoms. The molecule has 2 aliphatic rings. The molecule has 2 aliphatic heterocycles. The summed E-state index contributed by atoms with van der Waals surface area (Å²) in [5.41, 5.74) is 2.46. The van der Waals surface area contributed by atoms with E-state index in [1.54, 1.807) is 0 Å². The highest BCUT2D eigenvalue weighted by molar-refractivity contribution is 5.99. The molecule has 6 heteroatoms. The third kappa shape index (κ3) is 3.00. The number of carbonyl (C=O) groups excluding carboxylic acids is 2. The Kier molecular flexibility index (Phi) is 4.17. The number of aromatic amines is 1. The van der Waals surface area contributed by atoms with Gasteiger partial charge in [-0.05, 0) is 49.9 Å². The smallest absolute Gasteiger partial charge is 0.253 e. The van der Waals surface area contributed by atoms with Crippen molar-refractivity contribution in [1.82, 2.24) is 14.8 Å². The molecule has 0 radical (unpaired) electrons. The predicted molar refractivity (Wildman–Crippen MR) is 113 cm³/mol. The van der Waals surface area contributed by atoms with E-state index in [-0.39, 0.29) is 17.4 Å². The molecule has 2 fully saturated rings. The molecular weight excluding hydrogens is 364 g/mol. The second-order valence-corrected chi connectivity index (χ2v) is 8.15. The normalized spacial score (nSPS) is 22.7. The lowest BCUT2D eigenvalue weighted by molar-refractivity contribution is -0.123. The molecule has 5 rings (SSSR count). The summed E-state index contributed by atoms with van der Waals surface area (Å²) in [7, 11) is 2.00. The van der Waals surface area contributed by atoms with E-state index in [1.165, 1.54) is 0 Å². The Morgan fingerprint density at radius 2 is 1.90 bits per heavy atom. The highest BCUT2D eigenvalue weighted by atomic mass is 16.2. The van der Waals surface area contributed by atoms with Crippen LogP contribution in [0.1, 0.15) is 16.8 Å². The molecule has 0 bridgehead atoms. The lowest BCUT2D eigenvalue weighted by Crippen LogP contribution is -2.64. The number of likely N-dealkylation sites (N-methyl/N-ethyl adjacent to an activating group) is 1. The van der Waals surface area contributed by atoms with Gasteiger partial charge in [0, 0.05) is 48.0 Å². The Balaban J connectivity index is 1.39. The van der Waals surface area contributed by atoms with Gasteiger partial charge in [0.2, 0.25) is 5.91 Å². The third-order valence-electron chi connectivity index (χ3n) is 6.42. The number of para-hydroxylation sites is 1. The van der Waals surface area contributed by atoms with Gasteiger partial charge in [0.05, 0.1) is 12.1 Å². The van der Waals surface area contributed by atoms with Crippen LogP contribution in [0.5, 0.6) is 0 Å². The van der Waals surface area contributed by atoms with Crippen LogP contribution < -0.4 is 4.90 Å². The quantitative estimate of drug-likeness (QED) is 0.734. The van der Waals surface area contributed by atoms with Crippen LogP contribution in [0.3, 0.4) is 0 Å². The Bertz CT molecular complexity index is 1080. The van der Waals surface area contributed by atoms with Gasteiger partial charge in [-0.25, -0.2) is 0 Å². The van der Waals surface area contributed by atoms with Crippen LogP contribution in [0.25, 0.3) is 10.9 Å². The number of fused-ring (bicyclic) bond motifs is 1. The van der Waals surface area contributed by atoms with Gasteiger partial charge in [-0.1, -0.05) is 18.2 Å². The lowest BCUT2D eigenvalue weighted by atomic mass is 9.92. The first-order valence-electron chi connectivity index (χ1n) is 9.99. The second kappa shape index (κ2) is 6.74. The monoisotopic (exact) mass is 388 g/mol. The number of benzene rings is 2. The van der Waals surface area contributed by atoms with Crippen LogP contribution in [0.2, 0.25) is 0 Å². The van der Waals surface area contributed by atoms with Crippen molar-refractivity contribution in [3.8, 4) is 0 Å². The van der Waals surface area contributed by atoms with Gasteiger partial charge in [0.15, 0.2) is 0 Å². The molecule has 2 saturated heterocycles. The molecule has 0 saturated carbocycles. The summed E-state index contributed by atoms with van der Waals surface area (Å²) in [6.45, 7) is 2.30. The Morgan fingerprint density at radius 3 is 2.72 bits per heavy atom. The van der Waals surface area contributed by atoms with Crippen molar-refractivity contribution >= 4 is 28.4 Å². The number of piperazine rings is 1. The Morgan fingerprint density at radius 1 is 1.07 bits per heavy atom. The zero-order chi connectivity index (χ0) is 20.0. The third-order valence-corrected chi connectivity index (χ3v) is 6.42. The summed E-state index contributed by atoms with van der Waals surface area (Å²) in [4.78, 5) is 35.0. The number of carbonyl (C=O) groups is 2. The molecule has 1 spiro atoms. The minimum atomic E-state index is -0.211. The summed E-state index contributed by atoms with van der Waals surface area (Å²) in [5, 5.41) is 1.04. The zero-order valence-corrected chi connectivity index (χ0v) is 16.5. The first-order chi connectivity index (χ1) is 14.1. The van der Waals surface area contributed by atoms with Crippen LogP contribution in [-0.2, 0) is 4.79 Å². The molecule has 6 nitrogen and oxygen atoms in total. The van der Waals surface area contributed by atoms with Crippen LogP contribution in [0.15, 0.2) is 60.8 Å². The standard InChI is InChI=1S/C23H24N4O2/c1-25-14-21(28)27(19-5-3-2-4-6-19)16-23(25)10-12-26(15-23)22(29)18-7-8-20-17(13-18)9-11-24-20/h2-9,11,13,24H,10,12,14-16H2,1H3/t23-/m0/s1. The first kappa shape index (κ1) is 17.9. The number of amides is 2. The van der Waals surface area contributed by atoms with Crippen molar-refractivity contribution < 1.29 is 9.59 Å². The number of nitrogens with one attached hydrogen (secondary N) is 1. The molecule has 148 valence electrons. The highest BCUT2D eigenvalue weighted by Crippen LogP contribution is 2.34. The molecule has 1 N–H and O–H groups in total. The number of anilines is 1. The average molecular weight is 388 g/mol. The van der Waals surface area contributed by atoms with Gasteiger partial charge in [0.25, 0.3) is 5.91 Å². The maximum Gasteiger partial charge on any atom is 0.253 e. The van der Waals surface area contributed by atoms with E-state index in [2.05, 4.69) is 9.88 Å². The lowest BCUT2D eigenvalue weighted by Gasteiger charge is -2.46. The van der Waals surface area contributed by atoms with Gasteiger partial charge < -0.3 is 14.8 Å². The molecule has 3 aromatic rings. The molecule has 2 amide bonds. The van der Waals surface area contributed by atoms with Crippen molar-refractivity contribution in [2.24, 2.45) is 0 Å². The molecule has 0 unspecified atom stereocenters. The number of rotatable bonds is 2. The topological polar surface area (TPSA) is 59.7 Å². The van der Waals surface area contributed by atoms with Crippen molar-refractivity contribution in [3.05, 3.63) is 66.4 Å². The van der Waals surface area contributed by atoms with Crippen molar-refractivity contribution in [3.63, 3.8) is 0 Å². The molecule has 2 aromatic carbocycles. The fourth-order valence-electron chi connectivity index (χ4n) is 4.64. The fourth-order valence-corrected chi connectivity index (χ4v) is 4.64. The van der Waals surface area contributed by atoms with E-state index < -0.39 is 0 Å². The molecule has 1 aromatic heterocycles. The summed E-state index contributed by atoms with van der Waals surface area (Å²) in [6.07, 6.45) is 2.74. The van der Waals surface area contributed by atoms with E-state index in [0.717, 1.165) is 23.0 Å². The fraction of sp³-hybridized carbons (Fsp3) is 0.304. The van der Waals surface area contributed by atoms with Gasteiger partial charge in [-0.15, -0.1) is 0 Å². The maximum absolute atomic E-state index is 13.2. The molecule has 0 aliphatic carbocycles. The van der Waals surface area contributed by atoms with Crippen molar-refractivity contribution in [1.29, 1.82) is 0 Å². The number of hydrogen-bond donors (Lipinski definition) is 1. The van der Waals surface area contributed by atoms with E-state index in [1.807, 2.05) is 77.6 Å². The highest BCUT2D eigenvalue weighted by Gasteiger charge is 2.48. The summed E-state index contributed by atoms with van der Waals surface area (Å²) < 4.78 is 0. The summed E-state index contributed by atoms with van der Waals surface area (Å²) >= 11 is 0. The zero-order valence-electron chi connectivity index (χ0n) is 16.5.